The maximum absolute atomic E-state index is 12.6. The van der Waals surface area contributed by atoms with Crippen molar-refractivity contribution in [2.75, 3.05) is 49.2 Å². The first-order valence-corrected chi connectivity index (χ1v) is 24.1. The largest absolute Gasteiger partial charge is 0.496 e. The molecule has 22 heteroatoms. The molecule has 294 valence electrons. The number of nitrogens with zero attached hydrogens (tertiary/aromatic N) is 1. The molecule has 17 nitrogen and oxygen atoms in total. The maximum Gasteiger partial charge on any atom is 0.306 e. The summed E-state index contributed by atoms with van der Waals surface area (Å²) in [6.45, 7) is -0.473. The van der Waals surface area contributed by atoms with Crippen molar-refractivity contribution in [1.29, 1.82) is 0 Å². The summed E-state index contributed by atoms with van der Waals surface area (Å²) in [5, 5.41) is 0. The van der Waals surface area contributed by atoms with Gasteiger partial charge < -0.3 is 26.8 Å². The van der Waals surface area contributed by atoms with Crippen LogP contribution in [-0.4, -0.2) is 87.6 Å². The summed E-state index contributed by atoms with van der Waals surface area (Å²) in [4.78, 5) is 0. The highest BCUT2D eigenvalue weighted by molar-refractivity contribution is 8.09. The van der Waals surface area contributed by atoms with Gasteiger partial charge in [-0.25, -0.2) is 16.8 Å². The van der Waals surface area contributed by atoms with Gasteiger partial charge in [-0.3, -0.25) is 0 Å². The van der Waals surface area contributed by atoms with E-state index in [9.17, 15) is 42.1 Å². The van der Waals surface area contributed by atoms with E-state index in [0.717, 1.165) is 18.8 Å². The molecule has 4 rings (SSSR count). The lowest BCUT2D eigenvalue weighted by molar-refractivity contribution is 0.297. The van der Waals surface area contributed by atoms with E-state index in [4.69, 9.17) is 26.8 Å². The molecule has 0 fully saturated rings. The third-order valence-electron chi connectivity index (χ3n) is 6.92. The Morgan fingerprint density at radius 3 is 1.61 bits per heavy atom. The summed E-state index contributed by atoms with van der Waals surface area (Å²) in [6, 6.07) is 16.6. The highest BCUT2D eigenvalue weighted by Crippen LogP contribution is 2.52. The maximum atomic E-state index is 12.6. The molecule has 0 saturated carbocycles. The van der Waals surface area contributed by atoms with Crippen LogP contribution in [0.15, 0.2) is 72.8 Å². The molecule has 0 unspecified atom stereocenters. The molecule has 0 aliphatic heterocycles. The van der Waals surface area contributed by atoms with Crippen LogP contribution in [0.4, 0.5) is 5.69 Å². The second kappa shape index (κ2) is 15.5. The number of anilines is 1. The zero-order valence-electron chi connectivity index (χ0n) is 29.7. The summed E-state index contributed by atoms with van der Waals surface area (Å²) >= 11 is 0. The van der Waals surface area contributed by atoms with E-state index in [1.54, 1.807) is 0 Å². The van der Waals surface area contributed by atoms with Crippen LogP contribution >= 0.6 is 0 Å². The van der Waals surface area contributed by atoms with Crippen LogP contribution in [0.2, 0.25) is 0 Å². The fourth-order valence-electron chi connectivity index (χ4n) is 5.14. The monoisotopic (exact) mass is 849 g/mol. The lowest BCUT2D eigenvalue weighted by atomic mass is 9.96. The molecule has 0 aliphatic carbocycles. The Labute approximate surface area is 314 Å². The van der Waals surface area contributed by atoms with Crippen molar-refractivity contribution >= 4 is 56.1 Å². The van der Waals surface area contributed by atoms with E-state index in [0.29, 0.717) is 18.1 Å². The van der Waals surface area contributed by atoms with Crippen LogP contribution in [0.5, 0.6) is 34.5 Å². The summed E-state index contributed by atoms with van der Waals surface area (Å²) in [5.74, 6) is -1.09. The number of hydrogen-bond donors (Lipinski definition) is 0. The average molecular weight is 850 g/mol. The van der Waals surface area contributed by atoms with Gasteiger partial charge >= 0.3 is 30.4 Å². The molecule has 0 atom stereocenters. The Hall–Kier alpha value is -4.77. The van der Waals surface area contributed by atoms with Crippen LogP contribution in [0.3, 0.4) is 0 Å². The Morgan fingerprint density at radius 1 is 0.537 bits per heavy atom. The second-order valence-corrected chi connectivity index (χ2v) is 20.2. The molecular formula is C32H35NO16S5. The van der Waals surface area contributed by atoms with Crippen molar-refractivity contribution in [1.82, 2.24) is 0 Å². The fourth-order valence-corrected chi connectivity index (χ4v) is 9.56. The predicted molar refractivity (Wildman–Crippen MR) is 200 cm³/mol. The van der Waals surface area contributed by atoms with Crippen molar-refractivity contribution in [3.63, 3.8) is 0 Å². The normalized spacial score (nSPS) is 12.4. The second-order valence-electron chi connectivity index (χ2n) is 11.6. The van der Waals surface area contributed by atoms with Crippen molar-refractivity contribution < 1.29 is 68.8 Å². The minimum atomic E-state index is -4.33. The molecule has 0 heterocycles. The van der Waals surface area contributed by atoms with Gasteiger partial charge in [0.15, 0.2) is 23.0 Å². The molecule has 0 spiro atoms. The molecule has 0 aliphatic rings. The smallest absolute Gasteiger partial charge is 0.306 e. The van der Waals surface area contributed by atoms with E-state index in [-0.39, 0.29) is 60.4 Å². The Kier molecular flexibility index (Phi) is 12.1. The van der Waals surface area contributed by atoms with E-state index in [1.165, 1.54) is 87.0 Å². The molecular weight excluding hydrogens is 815 g/mol. The zero-order chi connectivity index (χ0) is 40.4. The number of hydrogen-bond acceptors (Lipinski definition) is 16. The molecule has 0 saturated heterocycles. The van der Waals surface area contributed by atoms with E-state index in [1.807, 2.05) is 0 Å². The SMILES string of the molecule is COc1cc(-c2ccc(OS(C)(=O)=O)cc2)c(OC)c(OS(C)(=O)=O)c1-c1ccc(OCc2ccccc2N(S(C)(=O)=O)S(C)(=O)=O)c(OS(C)(=O)=O)c1. The number of rotatable bonds is 16. The highest BCUT2D eigenvalue weighted by Gasteiger charge is 2.30. The van der Waals surface area contributed by atoms with E-state index < -0.39 is 62.8 Å². The minimum Gasteiger partial charge on any atom is -0.496 e. The van der Waals surface area contributed by atoms with Gasteiger partial charge in [0.05, 0.1) is 56.7 Å². The summed E-state index contributed by atoms with van der Waals surface area (Å²) in [6.07, 6.45) is 3.86. The number of para-hydroxylation sites is 1. The quantitative estimate of drug-likeness (QED) is 0.147. The van der Waals surface area contributed by atoms with Gasteiger partial charge in [0.2, 0.25) is 20.0 Å². The number of ether oxygens (including phenoxy) is 3. The standard InChI is InChI=1S/C32H35NO16S5/c1-44-29-19-25(21-12-15-24(16-13-21)47-52(5,38)39)31(45-2)32(49-54(7,42)43)30(29)22-14-17-27(28(18-22)48-53(6,40)41)46-20-23-10-8-9-11-26(23)33(50(3,34)35)51(4,36)37/h8-19H,20H2,1-7H3. The molecule has 4 aromatic carbocycles. The molecule has 0 aromatic heterocycles. The molecule has 0 bridgehead atoms. The lowest BCUT2D eigenvalue weighted by Crippen LogP contribution is -2.36. The van der Waals surface area contributed by atoms with E-state index >= 15 is 0 Å². The van der Waals surface area contributed by atoms with Gasteiger partial charge in [-0.05, 0) is 47.5 Å². The van der Waals surface area contributed by atoms with Crippen LogP contribution < -0.4 is 30.5 Å². The Bertz CT molecular complexity index is 2590. The Balaban J connectivity index is 1.91. The van der Waals surface area contributed by atoms with Gasteiger partial charge in [-0.2, -0.15) is 29.0 Å². The number of sulfonamides is 2. The topological polar surface area (TPSA) is 229 Å². The third kappa shape index (κ3) is 10.7. The van der Waals surface area contributed by atoms with Crippen LogP contribution in [-0.2, 0) is 57.0 Å². The van der Waals surface area contributed by atoms with Gasteiger partial charge in [0, 0.05) is 11.1 Å². The molecule has 54 heavy (non-hydrogen) atoms. The first kappa shape index (κ1) is 42.0. The molecule has 0 amide bonds. The van der Waals surface area contributed by atoms with Crippen LogP contribution in [0, 0.1) is 0 Å². The minimum absolute atomic E-state index is 0.00346. The fraction of sp³-hybridized carbons (Fsp3) is 0.250. The molecule has 0 N–H and O–H groups in total. The van der Waals surface area contributed by atoms with Crippen molar-refractivity contribution in [3.05, 3.63) is 78.4 Å². The third-order valence-corrected chi connectivity index (χ3v) is 11.6. The van der Waals surface area contributed by atoms with Crippen molar-refractivity contribution in [3.8, 4) is 56.8 Å². The predicted octanol–water partition coefficient (Wildman–Crippen LogP) is 3.36. The average Bonchev–Trinajstić information content (AvgIpc) is 3.01. The molecule has 4 aromatic rings. The summed E-state index contributed by atoms with van der Waals surface area (Å²) in [7, 11) is -18.5. The first-order valence-electron chi connectivity index (χ1n) is 14.9. The van der Waals surface area contributed by atoms with Crippen molar-refractivity contribution in [2.24, 2.45) is 0 Å². The first-order chi connectivity index (χ1) is 24.8. The van der Waals surface area contributed by atoms with Gasteiger partial charge in [0.25, 0.3) is 0 Å². The Morgan fingerprint density at radius 2 is 1.09 bits per heavy atom. The van der Waals surface area contributed by atoms with Crippen LogP contribution in [0.25, 0.3) is 22.3 Å². The van der Waals surface area contributed by atoms with Gasteiger partial charge in [-0.15, -0.1) is 0 Å². The zero-order valence-corrected chi connectivity index (χ0v) is 33.7. The number of benzene rings is 4. The van der Waals surface area contributed by atoms with Gasteiger partial charge in [0.1, 0.15) is 18.1 Å². The van der Waals surface area contributed by atoms with Gasteiger partial charge in [-0.1, -0.05) is 36.4 Å². The van der Waals surface area contributed by atoms with Crippen LogP contribution in [0.1, 0.15) is 5.56 Å². The van der Waals surface area contributed by atoms with E-state index in [2.05, 4.69) is 0 Å². The summed E-state index contributed by atoms with van der Waals surface area (Å²) < 4.78 is 156. The highest BCUT2D eigenvalue weighted by atomic mass is 32.3. The summed E-state index contributed by atoms with van der Waals surface area (Å²) in [5.41, 5.74) is 0.537. The van der Waals surface area contributed by atoms with Crippen molar-refractivity contribution in [2.45, 2.75) is 6.61 Å². The lowest BCUT2D eigenvalue weighted by Gasteiger charge is -2.23. The number of methoxy groups -OCH3 is 2. The molecule has 0 radical (unpaired) electrons.